The van der Waals surface area contributed by atoms with Gasteiger partial charge in [0, 0.05) is 6.08 Å². The minimum absolute atomic E-state index is 0.268. The molecule has 1 rings (SSSR count). The molecule has 0 aliphatic rings. The van der Waals surface area contributed by atoms with Gasteiger partial charge in [-0.3, -0.25) is 0 Å². The Bertz CT molecular complexity index is 468. The van der Waals surface area contributed by atoms with Crippen molar-refractivity contribution in [2.24, 2.45) is 5.92 Å². The molecule has 0 amide bonds. The van der Waals surface area contributed by atoms with Crippen LogP contribution in [0.3, 0.4) is 0 Å². The summed E-state index contributed by atoms with van der Waals surface area (Å²) in [5, 5.41) is 0. The number of allylic oxidation sites excluding steroid dienone is 2. The third-order valence-electron chi connectivity index (χ3n) is 3.28. The average molecular weight is 286 g/mol. The van der Waals surface area contributed by atoms with Crippen molar-refractivity contribution in [2.75, 3.05) is 6.61 Å². The van der Waals surface area contributed by atoms with Gasteiger partial charge in [0.1, 0.15) is 0 Å². The summed E-state index contributed by atoms with van der Waals surface area (Å²) in [6.45, 7) is 6.93. The van der Waals surface area contributed by atoms with Crippen molar-refractivity contribution < 1.29 is 9.53 Å². The van der Waals surface area contributed by atoms with Crippen LogP contribution in [0.4, 0.5) is 0 Å². The highest BCUT2D eigenvalue weighted by atomic mass is 16.5. The summed E-state index contributed by atoms with van der Waals surface area (Å²) in [5.41, 5.74) is 2.37. The smallest absolute Gasteiger partial charge is 0.330 e. The molecule has 0 aromatic heterocycles. The van der Waals surface area contributed by atoms with Crippen LogP contribution < -0.4 is 0 Å². The minimum atomic E-state index is -0.268. The van der Waals surface area contributed by atoms with Crippen molar-refractivity contribution in [2.45, 2.75) is 40.0 Å². The topological polar surface area (TPSA) is 26.3 Å². The minimum Gasteiger partial charge on any atom is -0.463 e. The Morgan fingerprint density at radius 3 is 2.57 bits per heavy atom. The van der Waals surface area contributed by atoms with Crippen molar-refractivity contribution in [3.05, 3.63) is 53.6 Å². The van der Waals surface area contributed by atoms with Gasteiger partial charge in [0.2, 0.25) is 0 Å². The van der Waals surface area contributed by atoms with Gasteiger partial charge >= 0.3 is 5.97 Å². The van der Waals surface area contributed by atoms with E-state index in [1.54, 1.807) is 6.08 Å². The molecule has 0 fully saturated rings. The van der Waals surface area contributed by atoms with Crippen LogP contribution in [0.5, 0.6) is 0 Å². The van der Waals surface area contributed by atoms with E-state index in [1.807, 2.05) is 30.3 Å². The number of rotatable bonds is 8. The second kappa shape index (κ2) is 9.98. The number of benzene rings is 1. The maximum atomic E-state index is 11.6. The van der Waals surface area contributed by atoms with E-state index in [1.165, 1.54) is 11.6 Å². The molecule has 0 saturated heterocycles. The van der Waals surface area contributed by atoms with Gasteiger partial charge in [-0.25, -0.2) is 4.79 Å². The van der Waals surface area contributed by atoms with Crippen LogP contribution in [0.25, 0.3) is 6.08 Å². The van der Waals surface area contributed by atoms with Crippen LogP contribution in [-0.2, 0) is 9.53 Å². The van der Waals surface area contributed by atoms with Crippen LogP contribution in [0.2, 0.25) is 0 Å². The molecule has 21 heavy (non-hydrogen) atoms. The normalized spacial score (nSPS) is 12.1. The summed E-state index contributed by atoms with van der Waals surface area (Å²) in [6.07, 6.45) is 8.68. The van der Waals surface area contributed by atoms with E-state index in [9.17, 15) is 4.79 Å². The largest absolute Gasteiger partial charge is 0.463 e. The summed E-state index contributed by atoms with van der Waals surface area (Å²) in [6, 6.07) is 9.74. The van der Waals surface area contributed by atoms with Gasteiger partial charge in [-0.05, 0) is 50.7 Å². The van der Waals surface area contributed by atoms with Crippen LogP contribution in [-0.4, -0.2) is 12.6 Å². The number of carbonyl (C=O) groups excluding carboxylic acids is 1. The molecule has 0 bridgehead atoms. The molecular weight excluding hydrogens is 260 g/mol. The van der Waals surface area contributed by atoms with Gasteiger partial charge in [0.05, 0.1) is 6.61 Å². The molecule has 0 saturated carbocycles. The molecular formula is C19H26O2. The first kappa shape index (κ1) is 17.2. The second-order valence-corrected chi connectivity index (χ2v) is 5.66. The molecule has 114 valence electrons. The highest BCUT2D eigenvalue weighted by molar-refractivity contribution is 5.86. The quantitative estimate of drug-likeness (QED) is 0.381. The van der Waals surface area contributed by atoms with Crippen molar-refractivity contribution >= 4 is 12.0 Å². The van der Waals surface area contributed by atoms with Crippen LogP contribution in [0.1, 0.15) is 45.6 Å². The molecule has 2 nitrogen and oxygen atoms in total. The predicted molar refractivity (Wildman–Crippen MR) is 88.9 cm³/mol. The zero-order valence-corrected chi connectivity index (χ0v) is 13.3. The van der Waals surface area contributed by atoms with E-state index in [4.69, 9.17) is 4.74 Å². The molecule has 2 heteroatoms. The summed E-state index contributed by atoms with van der Waals surface area (Å²) in [7, 11) is 0. The molecule has 0 radical (unpaired) electrons. The summed E-state index contributed by atoms with van der Waals surface area (Å²) < 4.78 is 5.22. The van der Waals surface area contributed by atoms with Gasteiger partial charge in [-0.15, -0.1) is 0 Å². The highest BCUT2D eigenvalue weighted by Gasteiger charge is 2.03. The SMILES string of the molecule is CC(C)=CCC[C@H](C)CCOC(=O)/C=C\c1ccccc1. The van der Waals surface area contributed by atoms with E-state index >= 15 is 0 Å². The monoisotopic (exact) mass is 286 g/mol. The van der Waals surface area contributed by atoms with Crippen molar-refractivity contribution in [3.63, 3.8) is 0 Å². The highest BCUT2D eigenvalue weighted by Crippen LogP contribution is 2.12. The van der Waals surface area contributed by atoms with Gasteiger partial charge in [0.25, 0.3) is 0 Å². The maximum absolute atomic E-state index is 11.6. The zero-order chi connectivity index (χ0) is 15.5. The molecule has 0 aliphatic heterocycles. The van der Waals surface area contributed by atoms with Crippen LogP contribution in [0, 0.1) is 5.92 Å². The number of carbonyl (C=O) groups is 1. The molecule has 1 aromatic carbocycles. The van der Waals surface area contributed by atoms with Gasteiger partial charge in [0.15, 0.2) is 0 Å². The second-order valence-electron chi connectivity index (χ2n) is 5.66. The lowest BCUT2D eigenvalue weighted by Gasteiger charge is -2.09. The van der Waals surface area contributed by atoms with Crippen LogP contribution in [0.15, 0.2) is 48.1 Å². The zero-order valence-electron chi connectivity index (χ0n) is 13.3. The van der Waals surface area contributed by atoms with E-state index in [-0.39, 0.29) is 5.97 Å². The first-order valence-corrected chi connectivity index (χ1v) is 7.61. The van der Waals surface area contributed by atoms with Gasteiger partial charge < -0.3 is 4.74 Å². The molecule has 0 heterocycles. The van der Waals surface area contributed by atoms with Crippen molar-refractivity contribution in [3.8, 4) is 0 Å². The lowest BCUT2D eigenvalue weighted by atomic mass is 10.0. The van der Waals surface area contributed by atoms with Gasteiger partial charge in [-0.1, -0.05) is 48.9 Å². The summed E-state index contributed by atoms with van der Waals surface area (Å²) in [5.74, 6) is 0.307. The Morgan fingerprint density at radius 2 is 1.90 bits per heavy atom. The first-order chi connectivity index (χ1) is 10.1. The Hall–Kier alpha value is -1.83. The fraction of sp³-hybridized carbons (Fsp3) is 0.421. The lowest BCUT2D eigenvalue weighted by molar-refractivity contribution is -0.138. The maximum Gasteiger partial charge on any atom is 0.330 e. The number of esters is 1. The van der Waals surface area contributed by atoms with Gasteiger partial charge in [-0.2, -0.15) is 0 Å². The molecule has 0 spiro atoms. The first-order valence-electron chi connectivity index (χ1n) is 7.61. The molecule has 0 aliphatic carbocycles. The number of ether oxygens (including phenoxy) is 1. The molecule has 0 unspecified atom stereocenters. The Kier molecular flexibility index (Phi) is 8.18. The molecule has 1 atom stereocenters. The Morgan fingerprint density at radius 1 is 1.19 bits per heavy atom. The lowest BCUT2D eigenvalue weighted by Crippen LogP contribution is -2.06. The van der Waals surface area contributed by atoms with E-state index in [0.29, 0.717) is 12.5 Å². The number of hydrogen-bond acceptors (Lipinski definition) is 2. The molecule has 0 N–H and O–H groups in total. The Balaban J connectivity index is 2.18. The molecule has 1 aromatic rings. The Labute approximate surface area is 128 Å². The fourth-order valence-corrected chi connectivity index (χ4v) is 1.94. The van der Waals surface area contributed by atoms with E-state index < -0.39 is 0 Å². The van der Waals surface area contributed by atoms with E-state index in [2.05, 4.69) is 26.8 Å². The standard InChI is InChI=1S/C19H26O2/c1-16(2)8-7-9-17(3)14-15-21-19(20)13-12-18-10-5-4-6-11-18/h4-6,8,10-13,17H,7,9,14-15H2,1-3H3/b13-12-/t17-/m0/s1. The van der Waals surface area contributed by atoms with Crippen molar-refractivity contribution in [1.29, 1.82) is 0 Å². The summed E-state index contributed by atoms with van der Waals surface area (Å²) in [4.78, 5) is 11.6. The summed E-state index contributed by atoms with van der Waals surface area (Å²) >= 11 is 0. The number of hydrogen-bond donors (Lipinski definition) is 0. The fourth-order valence-electron chi connectivity index (χ4n) is 1.94. The van der Waals surface area contributed by atoms with Crippen LogP contribution >= 0.6 is 0 Å². The van der Waals surface area contributed by atoms with E-state index in [0.717, 1.165) is 24.8 Å². The predicted octanol–water partition coefficient (Wildman–Crippen LogP) is 5.02. The van der Waals surface area contributed by atoms with Crippen molar-refractivity contribution in [1.82, 2.24) is 0 Å². The third kappa shape index (κ3) is 8.85. The average Bonchev–Trinajstić information content (AvgIpc) is 2.46. The third-order valence-corrected chi connectivity index (χ3v) is 3.28.